The second kappa shape index (κ2) is 9.14. The normalized spacial score (nSPS) is 14.2. The Labute approximate surface area is 176 Å². The SMILES string of the molecule is CCC(CCNCc1nc2cc(Cl)cc3c2n1CCO3)CCc1ccc(F)cc1. The maximum absolute atomic E-state index is 13.0. The molecule has 0 bridgehead atoms. The summed E-state index contributed by atoms with van der Waals surface area (Å²) in [4.78, 5) is 4.77. The van der Waals surface area contributed by atoms with Crippen molar-refractivity contribution in [3.63, 3.8) is 0 Å². The number of aromatic nitrogens is 2. The molecule has 0 amide bonds. The molecule has 1 aliphatic heterocycles. The van der Waals surface area contributed by atoms with E-state index in [1.165, 1.54) is 5.56 Å². The number of nitrogens with zero attached hydrogens (tertiary/aromatic N) is 2. The minimum Gasteiger partial charge on any atom is -0.489 e. The molecule has 1 aromatic heterocycles. The zero-order chi connectivity index (χ0) is 20.2. The molecule has 1 atom stereocenters. The number of halogens is 2. The van der Waals surface area contributed by atoms with Crippen LogP contribution in [0.15, 0.2) is 36.4 Å². The molecule has 29 heavy (non-hydrogen) atoms. The summed E-state index contributed by atoms with van der Waals surface area (Å²) in [5.74, 6) is 2.34. The average Bonchev–Trinajstić information content (AvgIpc) is 3.07. The maximum Gasteiger partial charge on any atom is 0.146 e. The summed E-state index contributed by atoms with van der Waals surface area (Å²) in [6, 6.07) is 10.6. The molecule has 3 aromatic rings. The van der Waals surface area contributed by atoms with E-state index < -0.39 is 0 Å². The number of ether oxygens (including phenoxy) is 1. The number of nitrogens with one attached hydrogen (secondary N) is 1. The molecule has 2 heterocycles. The van der Waals surface area contributed by atoms with Crippen LogP contribution in [0.5, 0.6) is 5.75 Å². The van der Waals surface area contributed by atoms with Crippen LogP contribution in [-0.2, 0) is 19.5 Å². The largest absolute Gasteiger partial charge is 0.489 e. The van der Waals surface area contributed by atoms with Crippen LogP contribution < -0.4 is 10.1 Å². The second-order valence-electron chi connectivity index (χ2n) is 7.70. The van der Waals surface area contributed by atoms with Crippen LogP contribution >= 0.6 is 11.6 Å². The quantitative estimate of drug-likeness (QED) is 0.478. The van der Waals surface area contributed by atoms with E-state index in [1.807, 2.05) is 24.3 Å². The molecule has 0 fully saturated rings. The minimum absolute atomic E-state index is 0.170. The van der Waals surface area contributed by atoms with Crippen molar-refractivity contribution in [3.8, 4) is 5.75 Å². The smallest absolute Gasteiger partial charge is 0.146 e. The summed E-state index contributed by atoms with van der Waals surface area (Å²) >= 11 is 6.18. The van der Waals surface area contributed by atoms with Crippen LogP contribution in [0.3, 0.4) is 0 Å². The van der Waals surface area contributed by atoms with Gasteiger partial charge in [-0.3, -0.25) is 0 Å². The van der Waals surface area contributed by atoms with Gasteiger partial charge in [-0.15, -0.1) is 0 Å². The fourth-order valence-electron chi connectivity index (χ4n) is 4.06. The van der Waals surface area contributed by atoms with E-state index >= 15 is 0 Å². The van der Waals surface area contributed by atoms with Crippen LogP contribution in [0.25, 0.3) is 11.0 Å². The van der Waals surface area contributed by atoms with Crippen LogP contribution in [0, 0.1) is 11.7 Å². The van der Waals surface area contributed by atoms with Gasteiger partial charge in [0.1, 0.15) is 29.5 Å². The molecule has 1 aliphatic rings. The fourth-order valence-corrected chi connectivity index (χ4v) is 4.26. The van der Waals surface area contributed by atoms with Crippen LogP contribution in [0.4, 0.5) is 4.39 Å². The van der Waals surface area contributed by atoms with Gasteiger partial charge in [0.15, 0.2) is 0 Å². The Morgan fingerprint density at radius 1 is 1.24 bits per heavy atom. The highest BCUT2D eigenvalue weighted by atomic mass is 35.5. The Bertz CT molecular complexity index is 970. The van der Waals surface area contributed by atoms with Gasteiger partial charge >= 0.3 is 0 Å². The van der Waals surface area contributed by atoms with Crippen molar-refractivity contribution in [2.75, 3.05) is 13.2 Å². The third kappa shape index (κ3) is 4.73. The Morgan fingerprint density at radius 3 is 2.86 bits per heavy atom. The Kier molecular flexibility index (Phi) is 6.36. The fraction of sp³-hybridized carbons (Fsp3) is 0.435. The van der Waals surface area contributed by atoms with Crippen LogP contribution in [0.2, 0.25) is 5.02 Å². The lowest BCUT2D eigenvalue weighted by Crippen LogP contribution is -2.22. The van der Waals surface area contributed by atoms with E-state index in [-0.39, 0.29) is 5.82 Å². The topological polar surface area (TPSA) is 39.1 Å². The van der Waals surface area contributed by atoms with Crippen molar-refractivity contribution in [1.29, 1.82) is 0 Å². The van der Waals surface area contributed by atoms with Crippen molar-refractivity contribution in [3.05, 3.63) is 58.6 Å². The van der Waals surface area contributed by atoms with E-state index in [0.717, 1.165) is 67.9 Å². The first-order valence-electron chi connectivity index (χ1n) is 10.4. The number of hydrogen-bond acceptors (Lipinski definition) is 3. The number of benzene rings is 2. The van der Waals surface area contributed by atoms with Gasteiger partial charge in [0, 0.05) is 11.1 Å². The molecule has 154 valence electrons. The summed E-state index contributed by atoms with van der Waals surface area (Å²) in [5.41, 5.74) is 3.15. The van der Waals surface area contributed by atoms with Gasteiger partial charge in [-0.2, -0.15) is 0 Å². The van der Waals surface area contributed by atoms with Gasteiger partial charge in [-0.1, -0.05) is 37.1 Å². The lowest BCUT2D eigenvalue weighted by molar-refractivity contribution is 0.284. The van der Waals surface area contributed by atoms with Crippen molar-refractivity contribution in [1.82, 2.24) is 14.9 Å². The molecular weight excluding hydrogens is 389 g/mol. The molecule has 0 spiro atoms. The summed E-state index contributed by atoms with van der Waals surface area (Å²) in [7, 11) is 0. The number of hydrogen-bond donors (Lipinski definition) is 1. The molecule has 6 heteroatoms. The second-order valence-corrected chi connectivity index (χ2v) is 8.14. The number of rotatable bonds is 9. The first-order chi connectivity index (χ1) is 14.1. The predicted molar refractivity (Wildman–Crippen MR) is 115 cm³/mol. The average molecular weight is 416 g/mol. The van der Waals surface area contributed by atoms with Gasteiger partial charge in [0.2, 0.25) is 0 Å². The minimum atomic E-state index is -0.170. The van der Waals surface area contributed by atoms with Gasteiger partial charge in [0.25, 0.3) is 0 Å². The molecule has 2 aromatic carbocycles. The van der Waals surface area contributed by atoms with Crippen molar-refractivity contribution >= 4 is 22.6 Å². The summed E-state index contributed by atoms with van der Waals surface area (Å²) in [6.07, 6.45) is 4.40. The molecule has 4 rings (SSSR count). The van der Waals surface area contributed by atoms with E-state index in [2.05, 4.69) is 16.8 Å². The van der Waals surface area contributed by atoms with Crippen molar-refractivity contribution < 1.29 is 9.13 Å². The van der Waals surface area contributed by atoms with Crippen molar-refractivity contribution in [2.45, 2.75) is 45.7 Å². The van der Waals surface area contributed by atoms with Gasteiger partial charge in [-0.25, -0.2) is 9.37 Å². The van der Waals surface area contributed by atoms with Gasteiger partial charge in [-0.05, 0) is 55.5 Å². The van der Waals surface area contributed by atoms with Gasteiger partial charge in [0.05, 0.1) is 18.6 Å². The molecule has 4 nitrogen and oxygen atoms in total. The maximum atomic E-state index is 13.0. The zero-order valence-electron chi connectivity index (χ0n) is 16.8. The molecule has 1 N–H and O–H groups in total. The number of aryl methyl sites for hydroxylation is 1. The summed E-state index contributed by atoms with van der Waals surface area (Å²) in [6.45, 7) is 5.39. The molecule has 0 radical (unpaired) electrons. The lowest BCUT2D eigenvalue weighted by Gasteiger charge is -2.18. The molecule has 0 saturated heterocycles. The predicted octanol–water partition coefficient (Wildman–Crippen LogP) is 5.36. The third-order valence-electron chi connectivity index (χ3n) is 5.77. The van der Waals surface area contributed by atoms with E-state index in [0.29, 0.717) is 17.5 Å². The molecular formula is C23H27ClFN3O. The van der Waals surface area contributed by atoms with E-state index in [4.69, 9.17) is 21.3 Å². The monoisotopic (exact) mass is 415 g/mol. The lowest BCUT2D eigenvalue weighted by atomic mass is 9.94. The van der Waals surface area contributed by atoms with E-state index in [1.54, 1.807) is 12.1 Å². The molecule has 0 aliphatic carbocycles. The highest BCUT2D eigenvalue weighted by Gasteiger charge is 2.19. The van der Waals surface area contributed by atoms with E-state index in [9.17, 15) is 4.39 Å². The van der Waals surface area contributed by atoms with Crippen LogP contribution in [-0.4, -0.2) is 22.7 Å². The standard InChI is InChI=1S/C23H27ClFN3O/c1-2-16(3-4-17-5-7-19(25)8-6-17)9-10-26-15-22-27-20-13-18(24)14-21-23(20)28(22)11-12-29-21/h5-8,13-14,16,26H,2-4,9-12,15H2,1H3. The molecule has 0 saturated carbocycles. The Balaban J connectivity index is 1.30. The Morgan fingerprint density at radius 2 is 2.07 bits per heavy atom. The highest BCUT2D eigenvalue weighted by Crippen LogP contribution is 2.33. The zero-order valence-corrected chi connectivity index (χ0v) is 17.5. The van der Waals surface area contributed by atoms with Crippen molar-refractivity contribution in [2.24, 2.45) is 5.92 Å². The summed E-state index contributed by atoms with van der Waals surface area (Å²) in [5, 5.41) is 4.22. The van der Waals surface area contributed by atoms with Gasteiger partial charge < -0.3 is 14.6 Å². The number of imidazole rings is 1. The summed E-state index contributed by atoms with van der Waals surface area (Å²) < 4.78 is 21.0. The first kappa shape index (κ1) is 20.2. The van der Waals surface area contributed by atoms with Crippen LogP contribution in [0.1, 0.15) is 37.6 Å². The molecule has 1 unspecified atom stereocenters. The first-order valence-corrected chi connectivity index (χ1v) is 10.8. The Hall–Kier alpha value is -2.11. The highest BCUT2D eigenvalue weighted by molar-refractivity contribution is 6.31. The third-order valence-corrected chi connectivity index (χ3v) is 5.99.